The van der Waals surface area contributed by atoms with Crippen molar-refractivity contribution in [2.75, 3.05) is 0 Å². The fourth-order valence-electron chi connectivity index (χ4n) is 1.81. The molecule has 0 radical (unpaired) electrons. The van der Waals surface area contributed by atoms with Gasteiger partial charge in [-0.05, 0) is 26.0 Å². The van der Waals surface area contributed by atoms with Gasteiger partial charge in [0, 0.05) is 11.8 Å². The minimum absolute atomic E-state index is 0.0992. The Labute approximate surface area is 92.7 Å². The monoisotopic (exact) mass is 216 g/mol. The molecule has 16 heavy (non-hydrogen) atoms. The molecule has 1 aromatic rings. The fraction of sp³-hybridized carbons (Fsp3) is 0.273. The molecule has 5 nitrogen and oxygen atoms in total. The summed E-state index contributed by atoms with van der Waals surface area (Å²) in [5.41, 5.74) is 1.53. The molecule has 0 amide bonds. The molecule has 0 saturated heterocycles. The molecule has 0 aliphatic heterocycles. The van der Waals surface area contributed by atoms with Crippen molar-refractivity contribution in [3.05, 3.63) is 40.2 Å². The maximum Gasteiger partial charge on any atom is 0.254 e. The van der Waals surface area contributed by atoms with Gasteiger partial charge in [-0.1, -0.05) is 6.58 Å². The van der Waals surface area contributed by atoms with Crippen LogP contribution in [-0.4, -0.2) is 22.5 Å². The lowest BCUT2D eigenvalue weighted by Gasteiger charge is -2.02. The van der Waals surface area contributed by atoms with Gasteiger partial charge in [0.1, 0.15) is 0 Å². The first-order valence-corrected chi connectivity index (χ1v) is 5.04. The third-order valence-electron chi connectivity index (χ3n) is 2.52. The minimum atomic E-state index is -0.0992. The normalized spacial score (nSPS) is 14.6. The Hall–Kier alpha value is -2.04. The number of H-pyrrole nitrogens is 1. The largest absolute Gasteiger partial charge is 0.304 e. The lowest BCUT2D eigenvalue weighted by atomic mass is 10.2. The lowest BCUT2D eigenvalue weighted by molar-refractivity contribution is 0.898. The Bertz CT molecular complexity index is 527. The number of aromatic amines is 1. The summed E-state index contributed by atoms with van der Waals surface area (Å²) in [5, 5.41) is 0. The molecule has 0 atom stereocenters. The van der Waals surface area contributed by atoms with Gasteiger partial charge in [-0.2, -0.15) is 0 Å². The highest BCUT2D eigenvalue weighted by atomic mass is 16.1. The van der Waals surface area contributed by atoms with E-state index in [1.165, 1.54) is 6.20 Å². The molecule has 1 heterocycles. The molecule has 0 fully saturated rings. The number of hydrogen-bond acceptors (Lipinski definition) is 3. The Balaban J connectivity index is 2.55. The van der Waals surface area contributed by atoms with Crippen LogP contribution in [0.5, 0.6) is 0 Å². The molecule has 82 valence electrons. The SMILES string of the molecule is C=CN=C(N=C)c1nc2c(c(=O)[nH]1)CCC2. The first-order valence-electron chi connectivity index (χ1n) is 5.04. The molecule has 5 heteroatoms. The van der Waals surface area contributed by atoms with Gasteiger partial charge in [0.2, 0.25) is 0 Å². The Morgan fingerprint density at radius 1 is 1.50 bits per heavy atom. The van der Waals surface area contributed by atoms with Crippen LogP contribution in [0.25, 0.3) is 0 Å². The molecular weight excluding hydrogens is 204 g/mol. The number of hydrogen-bond donors (Lipinski definition) is 1. The number of aryl methyl sites for hydroxylation is 1. The summed E-state index contributed by atoms with van der Waals surface area (Å²) in [4.78, 5) is 26.3. The molecule has 1 aliphatic carbocycles. The lowest BCUT2D eigenvalue weighted by Crippen LogP contribution is -2.19. The van der Waals surface area contributed by atoms with Gasteiger partial charge >= 0.3 is 0 Å². The van der Waals surface area contributed by atoms with Crippen LogP contribution in [0.3, 0.4) is 0 Å². The summed E-state index contributed by atoms with van der Waals surface area (Å²) in [6.07, 6.45) is 3.96. The van der Waals surface area contributed by atoms with Gasteiger partial charge < -0.3 is 4.98 Å². The van der Waals surface area contributed by atoms with Crippen LogP contribution in [0.4, 0.5) is 0 Å². The highest BCUT2D eigenvalue weighted by molar-refractivity contribution is 5.98. The van der Waals surface area contributed by atoms with Gasteiger partial charge in [-0.3, -0.25) is 4.79 Å². The van der Waals surface area contributed by atoms with Crippen LogP contribution < -0.4 is 5.56 Å². The van der Waals surface area contributed by atoms with E-state index in [1.807, 2.05) is 0 Å². The third-order valence-corrected chi connectivity index (χ3v) is 2.52. The van der Waals surface area contributed by atoms with Crippen LogP contribution >= 0.6 is 0 Å². The number of nitrogens with one attached hydrogen (secondary N) is 1. The van der Waals surface area contributed by atoms with E-state index >= 15 is 0 Å². The summed E-state index contributed by atoms with van der Waals surface area (Å²) >= 11 is 0. The number of fused-ring (bicyclic) bond motifs is 1. The van der Waals surface area contributed by atoms with Gasteiger partial charge in [-0.15, -0.1) is 0 Å². The van der Waals surface area contributed by atoms with Crippen molar-refractivity contribution in [2.45, 2.75) is 19.3 Å². The molecule has 0 saturated carbocycles. The first kappa shape index (κ1) is 10.5. The number of nitrogens with zero attached hydrogens (tertiary/aromatic N) is 3. The summed E-state index contributed by atoms with van der Waals surface area (Å²) in [7, 11) is 0. The van der Waals surface area contributed by atoms with Crippen molar-refractivity contribution in [2.24, 2.45) is 9.98 Å². The van der Waals surface area contributed by atoms with Crippen molar-refractivity contribution in [3.63, 3.8) is 0 Å². The Morgan fingerprint density at radius 3 is 3.00 bits per heavy atom. The Kier molecular flexibility index (Phi) is 2.76. The fourth-order valence-corrected chi connectivity index (χ4v) is 1.81. The number of amidine groups is 1. The molecular formula is C11H12N4O. The first-order chi connectivity index (χ1) is 7.76. The van der Waals surface area contributed by atoms with E-state index in [-0.39, 0.29) is 5.56 Å². The van der Waals surface area contributed by atoms with E-state index in [0.717, 1.165) is 30.5 Å². The maximum absolute atomic E-state index is 11.7. The summed E-state index contributed by atoms with van der Waals surface area (Å²) in [6.45, 7) is 6.86. The quantitative estimate of drug-likeness (QED) is 0.588. The zero-order chi connectivity index (χ0) is 11.5. The van der Waals surface area contributed by atoms with Crippen LogP contribution in [0, 0.1) is 0 Å². The van der Waals surface area contributed by atoms with Crippen LogP contribution in [0.1, 0.15) is 23.5 Å². The molecule has 1 aliphatic rings. The zero-order valence-electron chi connectivity index (χ0n) is 8.86. The molecule has 0 bridgehead atoms. The average molecular weight is 216 g/mol. The zero-order valence-corrected chi connectivity index (χ0v) is 8.86. The topological polar surface area (TPSA) is 70.5 Å². The number of aromatic nitrogens is 2. The smallest absolute Gasteiger partial charge is 0.254 e. The average Bonchev–Trinajstić information content (AvgIpc) is 2.74. The predicted molar refractivity (Wildman–Crippen MR) is 63.2 cm³/mol. The third kappa shape index (κ3) is 1.71. The van der Waals surface area contributed by atoms with E-state index in [0.29, 0.717) is 11.7 Å². The molecule has 0 aromatic carbocycles. The van der Waals surface area contributed by atoms with E-state index in [1.54, 1.807) is 0 Å². The standard InChI is InChI=1S/C11H12N4O/c1-3-13-9(12-2)10-14-8-6-4-5-7(8)11(16)15-10/h3H,1-2,4-6H2,(H,14,15,16). The van der Waals surface area contributed by atoms with E-state index in [9.17, 15) is 4.79 Å². The maximum atomic E-state index is 11.7. The predicted octanol–water partition coefficient (Wildman–Crippen LogP) is 0.849. The number of aliphatic imine (C=N–C) groups is 2. The minimum Gasteiger partial charge on any atom is -0.304 e. The molecule has 1 N–H and O–H groups in total. The Morgan fingerprint density at radius 2 is 2.31 bits per heavy atom. The van der Waals surface area contributed by atoms with Crippen molar-refractivity contribution in [1.82, 2.24) is 9.97 Å². The van der Waals surface area contributed by atoms with E-state index in [4.69, 9.17) is 0 Å². The van der Waals surface area contributed by atoms with Gasteiger partial charge in [-0.25, -0.2) is 15.0 Å². The molecule has 1 aromatic heterocycles. The van der Waals surface area contributed by atoms with Gasteiger partial charge in [0.05, 0.1) is 5.69 Å². The van der Waals surface area contributed by atoms with Crippen molar-refractivity contribution >= 4 is 12.6 Å². The molecule has 0 unspecified atom stereocenters. The van der Waals surface area contributed by atoms with Gasteiger partial charge in [0.15, 0.2) is 11.7 Å². The van der Waals surface area contributed by atoms with E-state index in [2.05, 4.69) is 33.2 Å². The van der Waals surface area contributed by atoms with Crippen LogP contribution in [-0.2, 0) is 12.8 Å². The second-order valence-corrected chi connectivity index (χ2v) is 3.49. The van der Waals surface area contributed by atoms with Crippen LogP contribution in [0.15, 0.2) is 27.6 Å². The summed E-state index contributed by atoms with van der Waals surface area (Å²) in [5.74, 6) is 0.655. The van der Waals surface area contributed by atoms with Gasteiger partial charge in [0.25, 0.3) is 5.56 Å². The van der Waals surface area contributed by atoms with Crippen molar-refractivity contribution in [3.8, 4) is 0 Å². The highest BCUT2D eigenvalue weighted by Gasteiger charge is 2.18. The number of rotatable bonds is 2. The van der Waals surface area contributed by atoms with Crippen molar-refractivity contribution < 1.29 is 0 Å². The second kappa shape index (κ2) is 4.22. The van der Waals surface area contributed by atoms with Crippen molar-refractivity contribution in [1.29, 1.82) is 0 Å². The second-order valence-electron chi connectivity index (χ2n) is 3.49. The molecule has 0 spiro atoms. The van der Waals surface area contributed by atoms with E-state index < -0.39 is 0 Å². The highest BCUT2D eigenvalue weighted by Crippen LogP contribution is 2.15. The summed E-state index contributed by atoms with van der Waals surface area (Å²) in [6, 6.07) is 0. The summed E-state index contributed by atoms with van der Waals surface area (Å²) < 4.78 is 0. The van der Waals surface area contributed by atoms with Crippen LogP contribution in [0.2, 0.25) is 0 Å². The molecule has 2 rings (SSSR count).